The number of amides is 1. The van der Waals surface area contributed by atoms with Crippen LogP contribution in [0.2, 0.25) is 10.0 Å². The number of anilines is 1. The van der Waals surface area contributed by atoms with E-state index in [2.05, 4.69) is 25.2 Å². The first-order chi connectivity index (χ1) is 11.4. The van der Waals surface area contributed by atoms with E-state index < -0.39 is 0 Å². The van der Waals surface area contributed by atoms with E-state index in [9.17, 15) is 4.79 Å². The van der Waals surface area contributed by atoms with Crippen LogP contribution in [0.25, 0.3) is 11.0 Å². The molecule has 1 aromatic heterocycles. The number of rotatable bonds is 4. The number of hydrogen-bond donors (Lipinski definition) is 1. The number of halogens is 2. The van der Waals surface area contributed by atoms with Crippen LogP contribution in [0.1, 0.15) is 30.9 Å². The van der Waals surface area contributed by atoms with Crippen molar-refractivity contribution in [2.45, 2.75) is 26.2 Å². The molecule has 3 aromatic rings. The summed E-state index contributed by atoms with van der Waals surface area (Å²) in [6, 6.07) is 11.0. The van der Waals surface area contributed by atoms with Crippen LogP contribution in [0.4, 0.5) is 5.69 Å². The highest BCUT2D eigenvalue weighted by molar-refractivity contribution is 6.35. The van der Waals surface area contributed by atoms with Crippen molar-refractivity contribution < 1.29 is 9.21 Å². The van der Waals surface area contributed by atoms with Gasteiger partial charge in [0.1, 0.15) is 5.58 Å². The summed E-state index contributed by atoms with van der Waals surface area (Å²) >= 11 is 12.0. The van der Waals surface area contributed by atoms with Gasteiger partial charge in [-0.3, -0.25) is 4.79 Å². The van der Waals surface area contributed by atoms with Crippen molar-refractivity contribution in [1.29, 1.82) is 0 Å². The molecule has 1 heterocycles. The molecule has 0 fully saturated rings. The van der Waals surface area contributed by atoms with Crippen molar-refractivity contribution in [3.8, 4) is 0 Å². The van der Waals surface area contributed by atoms with Crippen LogP contribution in [0.15, 0.2) is 47.1 Å². The third-order valence-electron chi connectivity index (χ3n) is 3.90. The van der Waals surface area contributed by atoms with Gasteiger partial charge in [0, 0.05) is 16.0 Å². The number of benzene rings is 2. The molecule has 0 saturated carbocycles. The number of furan rings is 1. The first kappa shape index (κ1) is 16.9. The van der Waals surface area contributed by atoms with Gasteiger partial charge in [0.15, 0.2) is 0 Å². The summed E-state index contributed by atoms with van der Waals surface area (Å²) in [5.41, 5.74) is 3.35. The second kappa shape index (κ2) is 6.88. The standard InChI is InChI=1S/C19H17Cl2NO2/c1-11(2)12-3-6-18-15(7-12)13(10-24-18)8-19(23)22-17-9-14(20)4-5-16(17)21/h3-7,9-11H,8H2,1-2H3,(H,22,23). The quantitative estimate of drug-likeness (QED) is 0.614. The lowest BCUT2D eigenvalue weighted by Gasteiger charge is -2.08. The first-order valence-electron chi connectivity index (χ1n) is 7.69. The molecule has 0 aliphatic heterocycles. The number of carbonyl (C=O) groups is 1. The molecule has 0 aliphatic rings. The molecule has 0 atom stereocenters. The number of hydrogen-bond acceptors (Lipinski definition) is 2. The lowest BCUT2D eigenvalue weighted by Crippen LogP contribution is -2.14. The molecule has 124 valence electrons. The number of fused-ring (bicyclic) bond motifs is 1. The SMILES string of the molecule is CC(C)c1ccc2occ(CC(=O)Nc3cc(Cl)ccc3Cl)c2c1. The van der Waals surface area contributed by atoms with Crippen LogP contribution >= 0.6 is 23.2 Å². The molecule has 1 amide bonds. The van der Waals surface area contributed by atoms with Crippen LogP contribution in [0.5, 0.6) is 0 Å². The van der Waals surface area contributed by atoms with E-state index >= 15 is 0 Å². The zero-order chi connectivity index (χ0) is 17.3. The Kier molecular flexibility index (Phi) is 4.83. The van der Waals surface area contributed by atoms with Gasteiger partial charge in [-0.1, -0.05) is 43.1 Å². The minimum Gasteiger partial charge on any atom is -0.464 e. The van der Waals surface area contributed by atoms with Crippen LogP contribution in [-0.4, -0.2) is 5.91 Å². The summed E-state index contributed by atoms with van der Waals surface area (Å²) in [5, 5.41) is 4.73. The normalized spacial score (nSPS) is 11.2. The van der Waals surface area contributed by atoms with Crippen molar-refractivity contribution in [1.82, 2.24) is 0 Å². The Balaban J connectivity index is 1.82. The molecular weight excluding hydrogens is 345 g/mol. The molecule has 2 aromatic carbocycles. The fourth-order valence-corrected chi connectivity index (χ4v) is 2.89. The van der Waals surface area contributed by atoms with E-state index in [1.807, 2.05) is 12.1 Å². The van der Waals surface area contributed by atoms with E-state index in [0.717, 1.165) is 16.5 Å². The molecular formula is C19H17Cl2NO2. The molecule has 0 radical (unpaired) electrons. The highest BCUT2D eigenvalue weighted by Gasteiger charge is 2.13. The highest BCUT2D eigenvalue weighted by atomic mass is 35.5. The van der Waals surface area contributed by atoms with E-state index in [1.165, 1.54) is 5.56 Å². The monoisotopic (exact) mass is 361 g/mol. The Morgan fingerprint density at radius 1 is 1.17 bits per heavy atom. The molecule has 24 heavy (non-hydrogen) atoms. The summed E-state index contributed by atoms with van der Waals surface area (Å²) < 4.78 is 5.55. The Morgan fingerprint density at radius 2 is 1.96 bits per heavy atom. The summed E-state index contributed by atoms with van der Waals surface area (Å²) in [4.78, 5) is 12.4. The maximum Gasteiger partial charge on any atom is 0.228 e. The zero-order valence-electron chi connectivity index (χ0n) is 13.4. The van der Waals surface area contributed by atoms with Crippen LogP contribution in [0, 0.1) is 0 Å². The predicted molar refractivity (Wildman–Crippen MR) is 99.1 cm³/mol. The van der Waals surface area contributed by atoms with Crippen LogP contribution in [-0.2, 0) is 11.2 Å². The van der Waals surface area contributed by atoms with Crippen molar-refractivity contribution >= 4 is 45.8 Å². The van der Waals surface area contributed by atoms with Gasteiger partial charge in [0.25, 0.3) is 0 Å². The Morgan fingerprint density at radius 3 is 2.71 bits per heavy atom. The smallest absolute Gasteiger partial charge is 0.228 e. The highest BCUT2D eigenvalue weighted by Crippen LogP contribution is 2.28. The van der Waals surface area contributed by atoms with Crippen molar-refractivity contribution in [2.75, 3.05) is 5.32 Å². The average molecular weight is 362 g/mol. The Hall–Kier alpha value is -1.97. The number of carbonyl (C=O) groups excluding carboxylic acids is 1. The molecule has 3 rings (SSSR count). The van der Waals surface area contributed by atoms with Crippen molar-refractivity contribution in [2.24, 2.45) is 0 Å². The van der Waals surface area contributed by atoms with E-state index in [-0.39, 0.29) is 12.3 Å². The van der Waals surface area contributed by atoms with Gasteiger partial charge >= 0.3 is 0 Å². The summed E-state index contributed by atoms with van der Waals surface area (Å²) in [6.07, 6.45) is 1.84. The molecule has 0 spiro atoms. The lowest BCUT2D eigenvalue weighted by atomic mass is 10.00. The molecule has 0 bridgehead atoms. The van der Waals surface area contributed by atoms with E-state index in [0.29, 0.717) is 21.7 Å². The Bertz CT molecular complexity index is 900. The van der Waals surface area contributed by atoms with E-state index in [1.54, 1.807) is 24.5 Å². The summed E-state index contributed by atoms with van der Waals surface area (Å²) in [6.45, 7) is 4.27. The maximum absolute atomic E-state index is 12.4. The maximum atomic E-state index is 12.4. The minimum atomic E-state index is -0.170. The summed E-state index contributed by atoms with van der Waals surface area (Å²) in [7, 11) is 0. The van der Waals surface area contributed by atoms with Crippen LogP contribution < -0.4 is 5.32 Å². The van der Waals surface area contributed by atoms with Gasteiger partial charge in [-0.15, -0.1) is 0 Å². The van der Waals surface area contributed by atoms with Crippen molar-refractivity contribution in [3.63, 3.8) is 0 Å². The molecule has 5 heteroatoms. The van der Waals surface area contributed by atoms with Gasteiger partial charge in [-0.25, -0.2) is 0 Å². The fourth-order valence-electron chi connectivity index (χ4n) is 2.56. The summed E-state index contributed by atoms with van der Waals surface area (Å²) in [5.74, 6) is 0.244. The average Bonchev–Trinajstić information content (AvgIpc) is 2.93. The minimum absolute atomic E-state index is 0.170. The lowest BCUT2D eigenvalue weighted by molar-refractivity contribution is -0.115. The second-order valence-electron chi connectivity index (χ2n) is 6.02. The van der Waals surface area contributed by atoms with Gasteiger partial charge in [0.2, 0.25) is 5.91 Å². The second-order valence-corrected chi connectivity index (χ2v) is 6.86. The van der Waals surface area contributed by atoms with Gasteiger partial charge in [0.05, 0.1) is 23.4 Å². The third kappa shape index (κ3) is 3.58. The number of nitrogens with one attached hydrogen (secondary N) is 1. The van der Waals surface area contributed by atoms with Crippen LogP contribution in [0.3, 0.4) is 0 Å². The Labute approximate surface area is 150 Å². The van der Waals surface area contributed by atoms with Gasteiger partial charge in [-0.2, -0.15) is 0 Å². The topological polar surface area (TPSA) is 42.2 Å². The molecule has 0 unspecified atom stereocenters. The van der Waals surface area contributed by atoms with E-state index in [4.69, 9.17) is 27.6 Å². The molecule has 1 N–H and O–H groups in total. The van der Waals surface area contributed by atoms with Gasteiger partial charge < -0.3 is 9.73 Å². The fraction of sp³-hybridized carbons (Fsp3) is 0.211. The van der Waals surface area contributed by atoms with Crippen molar-refractivity contribution in [3.05, 3.63) is 63.8 Å². The van der Waals surface area contributed by atoms with Gasteiger partial charge in [-0.05, 0) is 41.8 Å². The third-order valence-corrected chi connectivity index (χ3v) is 4.46. The predicted octanol–water partition coefficient (Wildman–Crippen LogP) is 6.04. The largest absolute Gasteiger partial charge is 0.464 e. The molecule has 0 aliphatic carbocycles. The first-order valence-corrected chi connectivity index (χ1v) is 8.44. The molecule has 3 nitrogen and oxygen atoms in total. The zero-order valence-corrected chi connectivity index (χ0v) is 14.9. The molecule has 0 saturated heterocycles.